The Hall–Kier alpha value is -0.680. The monoisotopic (exact) mass is 278 g/mol. The topological polar surface area (TPSA) is 52.1 Å². The van der Waals surface area contributed by atoms with Crippen molar-refractivity contribution in [1.29, 1.82) is 0 Å². The molecule has 0 N–H and O–H groups in total. The quantitative estimate of drug-likeness (QED) is 0.483. The summed E-state index contributed by atoms with van der Waals surface area (Å²) in [4.78, 5) is 19.0. The van der Waals surface area contributed by atoms with Crippen LogP contribution in [-0.4, -0.2) is 22.5 Å². The van der Waals surface area contributed by atoms with Gasteiger partial charge in [0.25, 0.3) is 0 Å². The Morgan fingerprint density at radius 1 is 1.71 bits per heavy atom. The van der Waals surface area contributed by atoms with Crippen LogP contribution in [0.25, 0.3) is 0 Å². The van der Waals surface area contributed by atoms with E-state index in [1.54, 1.807) is 6.92 Å². The zero-order valence-electron chi connectivity index (χ0n) is 7.46. The van der Waals surface area contributed by atoms with Gasteiger partial charge in [-0.05, 0) is 18.5 Å². The molecule has 0 bridgehead atoms. The number of esters is 1. The number of alkyl halides is 1. The smallest absolute Gasteiger partial charge is 0.357 e. The summed E-state index contributed by atoms with van der Waals surface area (Å²) < 4.78 is 4.82. The second-order valence-electron chi connectivity index (χ2n) is 2.37. The minimum Gasteiger partial charge on any atom is -0.461 e. The molecule has 1 aromatic heterocycles. The summed E-state index contributed by atoms with van der Waals surface area (Å²) in [5, 5.41) is 0.524. The maximum absolute atomic E-state index is 11.4. The number of carbonyl (C=O) groups excluding carboxylic acids is 1. The lowest BCUT2D eigenvalue weighted by atomic mass is 10.2. The SMILES string of the molecule is CCOC(=O)c1nc(Cl)ncc1CBr. The molecule has 1 heterocycles. The third-order valence-electron chi connectivity index (χ3n) is 1.45. The van der Waals surface area contributed by atoms with Crippen LogP contribution in [0, 0.1) is 0 Å². The van der Waals surface area contributed by atoms with Crippen LogP contribution in [0.4, 0.5) is 0 Å². The van der Waals surface area contributed by atoms with Crippen molar-refractivity contribution in [2.75, 3.05) is 6.61 Å². The molecule has 14 heavy (non-hydrogen) atoms. The molecular formula is C8H8BrClN2O2. The molecule has 76 valence electrons. The molecule has 0 saturated carbocycles. The van der Waals surface area contributed by atoms with Crippen LogP contribution < -0.4 is 0 Å². The maximum atomic E-state index is 11.4. The van der Waals surface area contributed by atoms with E-state index in [0.29, 0.717) is 17.5 Å². The molecule has 0 amide bonds. The van der Waals surface area contributed by atoms with Gasteiger partial charge in [-0.15, -0.1) is 0 Å². The summed E-state index contributed by atoms with van der Waals surface area (Å²) in [6, 6.07) is 0. The van der Waals surface area contributed by atoms with Gasteiger partial charge < -0.3 is 4.74 Å². The van der Waals surface area contributed by atoms with E-state index < -0.39 is 5.97 Å². The summed E-state index contributed by atoms with van der Waals surface area (Å²) in [5.74, 6) is -0.480. The lowest BCUT2D eigenvalue weighted by molar-refractivity contribution is 0.0518. The first-order chi connectivity index (χ1) is 6.69. The van der Waals surface area contributed by atoms with E-state index in [2.05, 4.69) is 25.9 Å². The molecule has 0 atom stereocenters. The molecule has 6 heteroatoms. The molecule has 0 fully saturated rings. The zero-order chi connectivity index (χ0) is 10.6. The average molecular weight is 280 g/mol. The maximum Gasteiger partial charge on any atom is 0.357 e. The second kappa shape index (κ2) is 5.26. The molecule has 0 aliphatic heterocycles. The van der Waals surface area contributed by atoms with E-state index in [1.165, 1.54) is 6.20 Å². The number of ether oxygens (including phenoxy) is 1. The number of rotatable bonds is 3. The number of aromatic nitrogens is 2. The van der Waals surface area contributed by atoms with Gasteiger partial charge in [0.1, 0.15) is 0 Å². The fourth-order valence-corrected chi connectivity index (χ4v) is 1.40. The van der Waals surface area contributed by atoms with E-state index in [0.717, 1.165) is 0 Å². The number of hydrogen-bond acceptors (Lipinski definition) is 4. The van der Waals surface area contributed by atoms with Crippen LogP contribution in [0.1, 0.15) is 23.0 Å². The molecule has 0 spiro atoms. The van der Waals surface area contributed by atoms with Gasteiger partial charge in [-0.1, -0.05) is 15.9 Å². The normalized spacial score (nSPS) is 9.93. The summed E-state index contributed by atoms with van der Waals surface area (Å²) in [6.07, 6.45) is 1.50. The molecule has 1 rings (SSSR count). The molecule has 0 unspecified atom stereocenters. The fraction of sp³-hybridized carbons (Fsp3) is 0.375. The highest BCUT2D eigenvalue weighted by atomic mass is 79.9. The Labute approximate surface area is 94.8 Å². The highest BCUT2D eigenvalue weighted by Crippen LogP contribution is 2.13. The van der Waals surface area contributed by atoms with E-state index >= 15 is 0 Å². The third kappa shape index (κ3) is 2.65. The van der Waals surface area contributed by atoms with Crippen LogP contribution in [0.3, 0.4) is 0 Å². The van der Waals surface area contributed by atoms with Crippen molar-refractivity contribution >= 4 is 33.5 Å². The van der Waals surface area contributed by atoms with Crippen LogP contribution >= 0.6 is 27.5 Å². The first-order valence-electron chi connectivity index (χ1n) is 3.93. The van der Waals surface area contributed by atoms with Gasteiger partial charge in [0.2, 0.25) is 5.28 Å². The summed E-state index contributed by atoms with van der Waals surface area (Å²) >= 11 is 8.79. The first-order valence-corrected chi connectivity index (χ1v) is 5.43. The Balaban J connectivity index is 3.03. The number of hydrogen-bond donors (Lipinski definition) is 0. The van der Waals surface area contributed by atoms with Crippen molar-refractivity contribution in [2.24, 2.45) is 0 Å². The average Bonchev–Trinajstić information content (AvgIpc) is 2.18. The Morgan fingerprint density at radius 3 is 3.00 bits per heavy atom. The molecule has 0 aromatic carbocycles. The second-order valence-corrected chi connectivity index (χ2v) is 3.27. The third-order valence-corrected chi connectivity index (χ3v) is 2.23. The van der Waals surface area contributed by atoms with Crippen LogP contribution in [-0.2, 0) is 10.1 Å². The van der Waals surface area contributed by atoms with Crippen molar-refractivity contribution in [3.8, 4) is 0 Å². The highest BCUT2D eigenvalue weighted by molar-refractivity contribution is 9.08. The first kappa shape index (κ1) is 11.4. The molecule has 0 radical (unpaired) electrons. The summed E-state index contributed by atoms with van der Waals surface area (Å²) in [5.41, 5.74) is 0.872. The van der Waals surface area contributed by atoms with E-state index in [4.69, 9.17) is 16.3 Å². The van der Waals surface area contributed by atoms with E-state index in [-0.39, 0.29) is 11.0 Å². The van der Waals surface area contributed by atoms with Gasteiger partial charge in [0.15, 0.2) is 5.69 Å². The van der Waals surface area contributed by atoms with Gasteiger partial charge in [-0.3, -0.25) is 0 Å². The fourth-order valence-electron chi connectivity index (χ4n) is 0.859. The number of carbonyl (C=O) groups is 1. The van der Waals surface area contributed by atoms with E-state index in [1.807, 2.05) is 0 Å². The zero-order valence-corrected chi connectivity index (χ0v) is 9.80. The number of nitrogens with zero attached hydrogens (tertiary/aromatic N) is 2. The number of halogens is 2. The van der Waals surface area contributed by atoms with Crippen molar-refractivity contribution < 1.29 is 9.53 Å². The Morgan fingerprint density at radius 2 is 2.43 bits per heavy atom. The predicted octanol–water partition coefficient (Wildman–Crippen LogP) is 2.20. The van der Waals surface area contributed by atoms with Crippen molar-refractivity contribution in [3.05, 3.63) is 22.7 Å². The molecule has 4 nitrogen and oxygen atoms in total. The van der Waals surface area contributed by atoms with Crippen molar-refractivity contribution in [2.45, 2.75) is 12.3 Å². The molecule has 0 aliphatic rings. The Kier molecular flexibility index (Phi) is 4.28. The molecule has 0 aliphatic carbocycles. The molecular weight excluding hydrogens is 271 g/mol. The standard InChI is InChI=1S/C8H8BrClN2O2/c1-2-14-7(13)6-5(3-9)4-11-8(10)12-6/h4H,2-3H2,1H3. The summed E-state index contributed by atoms with van der Waals surface area (Å²) in [7, 11) is 0. The largest absolute Gasteiger partial charge is 0.461 e. The van der Waals surface area contributed by atoms with Gasteiger partial charge in [0.05, 0.1) is 6.61 Å². The van der Waals surface area contributed by atoms with Crippen LogP contribution in [0.15, 0.2) is 6.20 Å². The van der Waals surface area contributed by atoms with Crippen molar-refractivity contribution in [1.82, 2.24) is 9.97 Å². The van der Waals surface area contributed by atoms with Crippen molar-refractivity contribution in [3.63, 3.8) is 0 Å². The van der Waals surface area contributed by atoms with Gasteiger partial charge >= 0.3 is 5.97 Å². The Bertz CT molecular complexity index is 346. The van der Waals surface area contributed by atoms with Crippen LogP contribution in [0.2, 0.25) is 5.28 Å². The predicted molar refractivity (Wildman–Crippen MR) is 55.6 cm³/mol. The van der Waals surface area contributed by atoms with Gasteiger partial charge in [-0.2, -0.15) is 0 Å². The van der Waals surface area contributed by atoms with Gasteiger partial charge in [0, 0.05) is 17.1 Å². The molecule has 1 aromatic rings. The highest BCUT2D eigenvalue weighted by Gasteiger charge is 2.14. The molecule has 0 saturated heterocycles. The summed E-state index contributed by atoms with van der Waals surface area (Å²) in [6.45, 7) is 2.04. The van der Waals surface area contributed by atoms with Gasteiger partial charge in [-0.25, -0.2) is 14.8 Å². The lowest BCUT2D eigenvalue weighted by Crippen LogP contribution is -2.10. The minimum absolute atomic E-state index is 0.0396. The lowest BCUT2D eigenvalue weighted by Gasteiger charge is -2.04. The van der Waals surface area contributed by atoms with Crippen LogP contribution in [0.5, 0.6) is 0 Å². The minimum atomic E-state index is -0.480. The van der Waals surface area contributed by atoms with E-state index in [9.17, 15) is 4.79 Å².